The van der Waals surface area contributed by atoms with E-state index in [1.165, 1.54) is 142 Å². The predicted molar refractivity (Wildman–Crippen MR) is 477 cm³/mol. The number of aromatic nitrogens is 2. The van der Waals surface area contributed by atoms with E-state index >= 15 is 0 Å². The molecule has 5 heteroatoms. The summed E-state index contributed by atoms with van der Waals surface area (Å²) in [5, 5.41) is 14.6. The molecule has 4 heterocycles. The van der Waals surface area contributed by atoms with Crippen molar-refractivity contribution in [3.05, 3.63) is 356 Å². The highest BCUT2D eigenvalue weighted by Gasteiger charge is 2.47. The van der Waals surface area contributed by atoms with Crippen LogP contribution >= 0.6 is 0 Å². The summed E-state index contributed by atoms with van der Waals surface area (Å²) >= 11 is 0. The van der Waals surface area contributed by atoms with Crippen LogP contribution in [0.1, 0.15) is 79.0 Å². The van der Waals surface area contributed by atoms with E-state index in [2.05, 4.69) is 421 Å². The molecule has 0 saturated carbocycles. The lowest BCUT2D eigenvalue weighted by Gasteiger charge is -2.47. The smallest absolute Gasteiger partial charge is 0.252 e. The lowest BCUT2D eigenvalue weighted by Crippen LogP contribution is -2.61. The van der Waals surface area contributed by atoms with E-state index in [0.717, 1.165) is 67.8 Å². The fourth-order valence-electron chi connectivity index (χ4n) is 18.5. The van der Waals surface area contributed by atoms with Crippen molar-refractivity contribution in [2.75, 3.05) is 9.80 Å². The lowest BCUT2D eigenvalue weighted by molar-refractivity contribution is 0.590. The molecule has 0 unspecified atom stereocenters. The van der Waals surface area contributed by atoms with Crippen molar-refractivity contribution < 1.29 is 0 Å². The summed E-state index contributed by atoms with van der Waals surface area (Å²) in [7, 11) is 0. The molecule has 17 aromatic carbocycles. The normalized spacial score (nSPS) is 13.0. The predicted octanol–water partition coefficient (Wildman–Crippen LogP) is 27.1. The number of benzene rings is 17. The molecule has 19 aromatic rings. The number of nitrogens with zero attached hydrogens (tertiary/aromatic N) is 4. The second-order valence-electron chi connectivity index (χ2n) is 34.1. The van der Waals surface area contributed by atoms with Gasteiger partial charge in [0.2, 0.25) is 0 Å². The summed E-state index contributed by atoms with van der Waals surface area (Å²) in [4.78, 5) is 5.50. The third kappa shape index (κ3) is 10.6. The average Bonchev–Trinajstić information content (AvgIpc) is 1.08. The molecule has 0 bridgehead atoms. The molecule has 4 nitrogen and oxygen atoms in total. The second-order valence-corrected chi connectivity index (χ2v) is 34.1. The van der Waals surface area contributed by atoms with Gasteiger partial charge in [-0.1, -0.05) is 293 Å². The van der Waals surface area contributed by atoms with E-state index in [9.17, 15) is 0 Å². The largest absolute Gasteiger partial charge is 0.310 e. The van der Waals surface area contributed by atoms with Crippen molar-refractivity contribution in [3.63, 3.8) is 0 Å². The van der Waals surface area contributed by atoms with E-state index in [-0.39, 0.29) is 23.0 Å². The van der Waals surface area contributed by atoms with Gasteiger partial charge in [-0.3, -0.25) is 0 Å². The molecular weight excluding hydrogens is 1340 g/mol. The summed E-state index contributed by atoms with van der Waals surface area (Å²) in [6.45, 7) is 21.2. The number of rotatable bonds is 8. The van der Waals surface area contributed by atoms with Gasteiger partial charge in [0, 0.05) is 77.9 Å². The maximum atomic E-state index is 2.75. The Morgan fingerprint density at radius 3 is 0.730 bits per heavy atom. The number of anilines is 6. The van der Waals surface area contributed by atoms with Gasteiger partial charge in [-0.2, -0.15) is 0 Å². The number of hydrogen-bond acceptors (Lipinski definition) is 2. The monoisotopic (exact) mass is 1420 g/mol. The van der Waals surface area contributed by atoms with Crippen LogP contribution in [0.15, 0.2) is 340 Å². The highest BCUT2D eigenvalue weighted by Crippen LogP contribution is 2.56. The molecule has 0 fully saturated rings. The minimum absolute atomic E-state index is 0.209. The summed E-state index contributed by atoms with van der Waals surface area (Å²) in [6.07, 6.45) is 0. The van der Waals surface area contributed by atoms with Crippen molar-refractivity contribution in [1.82, 2.24) is 9.13 Å². The first-order chi connectivity index (χ1) is 53.9. The van der Waals surface area contributed by atoms with Crippen molar-refractivity contribution in [2.45, 2.75) is 78.6 Å². The van der Waals surface area contributed by atoms with Gasteiger partial charge in [-0.15, -0.1) is 0 Å². The minimum atomic E-state index is -0.354. The van der Waals surface area contributed by atoms with E-state index in [1.54, 1.807) is 0 Å². The average molecular weight is 1420 g/mol. The van der Waals surface area contributed by atoms with Crippen LogP contribution in [0.3, 0.4) is 0 Å². The molecular formula is C106H83BN4. The molecule has 111 heavy (non-hydrogen) atoms. The molecule has 21 rings (SSSR count). The van der Waals surface area contributed by atoms with Gasteiger partial charge in [0.05, 0.1) is 33.4 Å². The Kier molecular flexibility index (Phi) is 14.8. The first kappa shape index (κ1) is 66.3. The minimum Gasteiger partial charge on any atom is -0.310 e. The van der Waals surface area contributed by atoms with Crippen LogP contribution in [0.4, 0.5) is 34.1 Å². The van der Waals surface area contributed by atoms with Crippen molar-refractivity contribution >= 4 is 144 Å². The zero-order valence-corrected chi connectivity index (χ0v) is 64.2. The molecule has 2 aliphatic heterocycles. The van der Waals surface area contributed by atoms with Crippen LogP contribution in [0.25, 0.3) is 143 Å². The summed E-state index contributed by atoms with van der Waals surface area (Å²) < 4.78 is 5.15. The van der Waals surface area contributed by atoms with Gasteiger partial charge in [0.15, 0.2) is 0 Å². The van der Waals surface area contributed by atoms with E-state index in [1.807, 2.05) is 0 Å². The van der Waals surface area contributed by atoms with Crippen LogP contribution in [-0.4, -0.2) is 15.8 Å². The summed E-state index contributed by atoms with van der Waals surface area (Å²) in [6, 6.07) is 130. The molecule has 0 radical (unpaired) electrons. The number of fused-ring (bicyclic) bond motifs is 14. The zero-order valence-electron chi connectivity index (χ0n) is 64.2. The van der Waals surface area contributed by atoms with Crippen LogP contribution in [0, 0.1) is 0 Å². The number of hydrogen-bond donors (Lipinski definition) is 0. The topological polar surface area (TPSA) is 16.3 Å². The van der Waals surface area contributed by atoms with Gasteiger partial charge in [-0.25, -0.2) is 0 Å². The fourth-order valence-corrected chi connectivity index (χ4v) is 18.5. The van der Waals surface area contributed by atoms with Gasteiger partial charge in [-0.05, 0) is 224 Å². The molecule has 530 valence electrons. The van der Waals surface area contributed by atoms with E-state index < -0.39 is 0 Å². The van der Waals surface area contributed by atoms with Crippen LogP contribution < -0.4 is 26.2 Å². The van der Waals surface area contributed by atoms with Crippen LogP contribution in [-0.2, 0) is 16.2 Å². The maximum absolute atomic E-state index is 2.75. The van der Waals surface area contributed by atoms with Gasteiger partial charge >= 0.3 is 0 Å². The summed E-state index contributed by atoms with van der Waals surface area (Å²) in [5.41, 5.74) is 29.7. The van der Waals surface area contributed by atoms with Crippen molar-refractivity contribution in [3.8, 4) is 55.9 Å². The highest BCUT2D eigenvalue weighted by molar-refractivity contribution is 7.00. The molecule has 2 aliphatic rings. The standard InChI is InChI=1S/C106H83BN4/c1-104(2,3)78-58-83(66-30-14-10-15-31-66)102(84(59-78)67-32-16-11-17-33-67)110-97-64-81(108-93-54-74-42-26-22-38-70(74)50-87(93)88-51-71-39-23-27-43-75(71)55-94(88)108)46-48-91(97)107-92-49-47-82(109-95-56-76-44-28-24-40-72(76)52-89(95)90-53-73-41-25-29-45-77(73)57-96(90)109)65-98(92)111(100-63-80(106(7,8)9)62-99(110)101(100)107)103-85(68-34-18-12-19-35-68)60-79(105(4,5)6)61-86(103)69-36-20-13-21-37-69/h10-65H,1-9H3. The molecule has 0 atom stereocenters. The Morgan fingerprint density at radius 2 is 0.468 bits per heavy atom. The van der Waals surface area contributed by atoms with Crippen molar-refractivity contribution in [1.29, 1.82) is 0 Å². The third-order valence-electron chi connectivity index (χ3n) is 24.2. The highest BCUT2D eigenvalue weighted by atomic mass is 15.2. The summed E-state index contributed by atoms with van der Waals surface area (Å²) in [5.74, 6) is 0. The Hall–Kier alpha value is -13.0. The SMILES string of the molecule is CC(C)(C)c1cc(-c2ccccc2)c(N2c3cc(-n4c5cc6ccccc6cc5c5cc6ccccc6cc54)ccc3B3c4ccc(-n5c6cc7ccccc7cc6c6cc7ccccc7cc65)cc4N(c4c(-c5ccccc5)cc(C(C)(C)C)cc4-c4ccccc4)c4cc(C(C)(C)C)cc2c43)c(-c2ccccc2)c1. The van der Waals surface area contributed by atoms with Crippen LogP contribution in [0.5, 0.6) is 0 Å². The third-order valence-corrected chi connectivity index (χ3v) is 24.2. The first-order valence-corrected chi connectivity index (χ1v) is 39.3. The Balaban J connectivity index is 0.950. The first-order valence-electron chi connectivity index (χ1n) is 39.3. The lowest BCUT2D eigenvalue weighted by atomic mass is 9.33. The molecule has 0 spiro atoms. The Labute approximate surface area is 649 Å². The molecule has 0 N–H and O–H groups in total. The van der Waals surface area contributed by atoms with Gasteiger partial charge in [0.1, 0.15) is 0 Å². The van der Waals surface area contributed by atoms with E-state index in [0.29, 0.717) is 0 Å². The van der Waals surface area contributed by atoms with Gasteiger partial charge in [0.25, 0.3) is 6.71 Å². The molecule has 0 amide bonds. The maximum Gasteiger partial charge on any atom is 0.252 e. The molecule has 0 aliphatic carbocycles. The Morgan fingerprint density at radius 1 is 0.225 bits per heavy atom. The Bertz CT molecular complexity index is 6340. The fraction of sp³-hybridized carbons (Fsp3) is 0.113. The molecule has 2 aromatic heterocycles. The quantitative estimate of drug-likeness (QED) is 0.141. The van der Waals surface area contributed by atoms with Gasteiger partial charge < -0.3 is 18.9 Å². The van der Waals surface area contributed by atoms with E-state index in [4.69, 9.17) is 0 Å². The van der Waals surface area contributed by atoms with Crippen molar-refractivity contribution in [2.24, 2.45) is 0 Å². The van der Waals surface area contributed by atoms with Crippen LogP contribution in [0.2, 0.25) is 0 Å². The second kappa shape index (κ2) is 24.8. The zero-order chi connectivity index (χ0) is 74.9. The molecule has 0 saturated heterocycles.